The van der Waals surface area contributed by atoms with Crippen LogP contribution < -0.4 is 18.9 Å². The third kappa shape index (κ3) is 6.68. The van der Waals surface area contributed by atoms with Crippen LogP contribution in [0.3, 0.4) is 0 Å². The van der Waals surface area contributed by atoms with Crippen molar-refractivity contribution in [2.24, 2.45) is 0 Å². The molecule has 1 unspecified atom stereocenters. The van der Waals surface area contributed by atoms with Gasteiger partial charge in [0.2, 0.25) is 17.9 Å². The molecule has 212 valence electrons. The van der Waals surface area contributed by atoms with E-state index in [1.165, 1.54) is 39.5 Å². The Balaban J connectivity index is 1.84. The summed E-state index contributed by atoms with van der Waals surface area (Å²) in [6.07, 6.45) is -1.52. The van der Waals surface area contributed by atoms with E-state index in [4.69, 9.17) is 23.7 Å². The lowest BCUT2D eigenvalue weighted by Crippen LogP contribution is -2.52. The minimum absolute atomic E-state index is 0.100. The summed E-state index contributed by atoms with van der Waals surface area (Å²) < 4.78 is 28.7. The normalized spacial score (nSPS) is 11.7. The van der Waals surface area contributed by atoms with Gasteiger partial charge in [-0.05, 0) is 28.8 Å². The van der Waals surface area contributed by atoms with Crippen LogP contribution in [0.5, 0.6) is 23.5 Å². The second-order valence-electron chi connectivity index (χ2n) is 8.47. The zero-order valence-corrected chi connectivity index (χ0v) is 22.5. The molecule has 4 aromatic rings. The molecule has 3 aromatic carbocycles. The van der Waals surface area contributed by atoms with Crippen molar-refractivity contribution in [3.8, 4) is 23.5 Å². The van der Waals surface area contributed by atoms with Gasteiger partial charge in [-0.3, -0.25) is 0 Å². The lowest BCUT2D eigenvalue weighted by atomic mass is 9.81. The van der Waals surface area contributed by atoms with E-state index >= 15 is 0 Å². The first kappa shape index (κ1) is 28.8. The zero-order valence-electron chi connectivity index (χ0n) is 22.5. The summed E-state index contributed by atoms with van der Waals surface area (Å²) in [7, 11) is 4.28. The number of hydrogen-bond donors (Lipinski definition) is 0. The highest BCUT2D eigenvalue weighted by atomic mass is 16.9. The number of carbonyl (C=O) groups excluding carboxylic acids is 1. The zero-order chi connectivity index (χ0) is 29.2. The Morgan fingerprint density at radius 3 is 1.95 bits per heavy atom. The van der Waals surface area contributed by atoms with Gasteiger partial charge < -0.3 is 28.5 Å². The average Bonchev–Trinajstić information content (AvgIpc) is 3.01. The molecule has 0 saturated heterocycles. The third-order valence-corrected chi connectivity index (χ3v) is 6.06. The minimum Gasteiger partial charge on any atom is -0.481 e. The predicted molar refractivity (Wildman–Crippen MR) is 144 cm³/mol. The molecule has 0 amide bonds. The molecule has 1 aromatic heterocycles. The molecule has 0 bridgehead atoms. The van der Waals surface area contributed by atoms with E-state index in [2.05, 4.69) is 14.8 Å². The van der Waals surface area contributed by atoms with E-state index in [0.717, 1.165) is 0 Å². The maximum absolute atomic E-state index is 14.1. The Morgan fingerprint density at radius 2 is 1.44 bits per heavy atom. The van der Waals surface area contributed by atoms with Gasteiger partial charge in [-0.25, -0.2) is 4.79 Å². The van der Waals surface area contributed by atoms with Crippen molar-refractivity contribution in [2.75, 3.05) is 21.3 Å². The molecule has 0 aliphatic carbocycles. The number of esters is 1. The van der Waals surface area contributed by atoms with Gasteiger partial charge in [0.25, 0.3) is 5.09 Å². The Kier molecular flexibility index (Phi) is 9.28. The van der Waals surface area contributed by atoms with E-state index in [1.54, 1.807) is 60.7 Å². The monoisotopic (exact) mass is 561 g/mol. The quantitative estimate of drug-likeness (QED) is 0.101. The molecule has 0 radical (unpaired) electrons. The topological polar surface area (TPSA) is 141 Å². The van der Waals surface area contributed by atoms with E-state index in [0.29, 0.717) is 16.7 Å². The molecule has 0 spiro atoms. The number of benzene rings is 3. The maximum Gasteiger partial charge on any atom is 0.356 e. The molecule has 12 nitrogen and oxygen atoms in total. The van der Waals surface area contributed by atoms with Gasteiger partial charge >= 0.3 is 12.0 Å². The van der Waals surface area contributed by atoms with E-state index in [-0.39, 0.29) is 30.1 Å². The van der Waals surface area contributed by atoms with Gasteiger partial charge in [-0.15, -0.1) is 10.1 Å². The smallest absolute Gasteiger partial charge is 0.356 e. The second kappa shape index (κ2) is 13.2. The van der Waals surface area contributed by atoms with Crippen molar-refractivity contribution in [1.82, 2.24) is 9.97 Å². The Hall–Kier alpha value is -5.23. The molecule has 41 heavy (non-hydrogen) atoms. The first-order valence-corrected chi connectivity index (χ1v) is 12.3. The SMILES string of the molecule is COc1cc(OC)nc(OC(C(=O)Oc2cccc(CO[N+](=O)[O-])c2)C(OC)(c2ccccc2)c2ccccc2)n1. The number of aromatic nitrogens is 2. The largest absolute Gasteiger partial charge is 0.481 e. The fourth-order valence-corrected chi connectivity index (χ4v) is 4.23. The first-order chi connectivity index (χ1) is 19.9. The van der Waals surface area contributed by atoms with Crippen LogP contribution in [0.1, 0.15) is 16.7 Å². The van der Waals surface area contributed by atoms with Gasteiger partial charge in [0, 0.05) is 7.11 Å². The molecule has 4 rings (SSSR count). The predicted octanol–water partition coefficient (Wildman–Crippen LogP) is 4.15. The van der Waals surface area contributed by atoms with Gasteiger partial charge in [-0.1, -0.05) is 72.8 Å². The summed E-state index contributed by atoms with van der Waals surface area (Å²) >= 11 is 0. The van der Waals surface area contributed by atoms with E-state index < -0.39 is 22.8 Å². The second-order valence-corrected chi connectivity index (χ2v) is 8.47. The first-order valence-electron chi connectivity index (χ1n) is 12.3. The maximum atomic E-state index is 14.1. The lowest BCUT2D eigenvalue weighted by molar-refractivity contribution is -0.763. The van der Waals surface area contributed by atoms with Crippen molar-refractivity contribution in [3.05, 3.63) is 118 Å². The fraction of sp³-hybridized carbons (Fsp3) is 0.207. The van der Waals surface area contributed by atoms with Crippen molar-refractivity contribution < 1.29 is 38.4 Å². The lowest BCUT2D eigenvalue weighted by Gasteiger charge is -2.38. The van der Waals surface area contributed by atoms with E-state index in [1.807, 2.05) is 12.1 Å². The van der Waals surface area contributed by atoms with Crippen LogP contribution in [-0.2, 0) is 26.6 Å². The standard InChI is InChI=1S/C29H27N3O9/c1-36-24-18-25(37-2)31-28(30-24)41-26(27(33)40-23-16-10-11-20(17-23)19-39-32(34)35)29(38-3,21-12-6-4-7-13-21)22-14-8-5-9-15-22/h4-18,26H,19H2,1-3H3. The Labute approximate surface area is 235 Å². The van der Waals surface area contributed by atoms with Crippen LogP contribution in [0.2, 0.25) is 0 Å². The van der Waals surface area contributed by atoms with Crippen molar-refractivity contribution in [1.29, 1.82) is 0 Å². The number of nitrogens with zero attached hydrogens (tertiary/aromatic N) is 3. The summed E-state index contributed by atoms with van der Waals surface area (Å²) in [6, 6.07) is 25.4. The molecular formula is C29H27N3O9. The minimum atomic E-state index is -1.55. The molecule has 0 aliphatic rings. The highest BCUT2D eigenvalue weighted by molar-refractivity contribution is 5.80. The number of ether oxygens (including phenoxy) is 5. The van der Waals surface area contributed by atoms with E-state index in [9.17, 15) is 14.9 Å². The highest BCUT2D eigenvalue weighted by Gasteiger charge is 2.50. The molecule has 0 saturated carbocycles. The molecule has 0 fully saturated rings. The van der Waals surface area contributed by atoms with Crippen LogP contribution in [0.15, 0.2) is 91.0 Å². The van der Waals surface area contributed by atoms with Crippen LogP contribution >= 0.6 is 0 Å². The van der Waals surface area contributed by atoms with Gasteiger partial charge in [-0.2, -0.15) is 9.97 Å². The highest BCUT2D eigenvalue weighted by Crippen LogP contribution is 2.39. The molecule has 1 heterocycles. The van der Waals surface area contributed by atoms with Gasteiger partial charge in [0.05, 0.1) is 20.3 Å². The number of carbonyl (C=O) groups is 1. The molecule has 1 atom stereocenters. The summed E-state index contributed by atoms with van der Waals surface area (Å²) in [6.45, 7) is -0.328. The van der Waals surface area contributed by atoms with Gasteiger partial charge in [0.15, 0.2) is 5.60 Å². The summed E-state index contributed by atoms with van der Waals surface area (Å²) in [5, 5.41) is 9.74. The average molecular weight is 562 g/mol. The van der Waals surface area contributed by atoms with Crippen LogP contribution in [0.4, 0.5) is 0 Å². The van der Waals surface area contributed by atoms with Crippen molar-refractivity contribution in [3.63, 3.8) is 0 Å². The summed E-state index contributed by atoms with van der Waals surface area (Å²) in [5.41, 5.74) is 0.0257. The molecular weight excluding hydrogens is 534 g/mol. The van der Waals surface area contributed by atoms with Crippen molar-refractivity contribution in [2.45, 2.75) is 18.3 Å². The number of methoxy groups -OCH3 is 3. The van der Waals surface area contributed by atoms with Crippen LogP contribution in [0.25, 0.3) is 0 Å². The van der Waals surface area contributed by atoms with Crippen molar-refractivity contribution >= 4 is 5.97 Å². The van der Waals surface area contributed by atoms with Crippen LogP contribution in [-0.4, -0.2) is 48.5 Å². The third-order valence-electron chi connectivity index (χ3n) is 6.06. The Morgan fingerprint density at radius 1 is 0.854 bits per heavy atom. The fourth-order valence-electron chi connectivity index (χ4n) is 4.23. The summed E-state index contributed by atoms with van der Waals surface area (Å²) in [4.78, 5) is 37.6. The molecule has 12 heteroatoms. The summed E-state index contributed by atoms with van der Waals surface area (Å²) in [5.74, 6) is -0.486. The van der Waals surface area contributed by atoms with Gasteiger partial charge in [0.1, 0.15) is 12.4 Å². The molecule has 0 aliphatic heterocycles. The molecule has 0 N–H and O–H groups in total. The Bertz CT molecular complexity index is 1410. The number of hydrogen-bond acceptors (Lipinski definition) is 11. The number of rotatable bonds is 13. The van der Waals surface area contributed by atoms with Crippen LogP contribution in [0, 0.1) is 10.1 Å².